The Bertz CT molecular complexity index is 649. The molecule has 0 bridgehead atoms. The largest absolute Gasteiger partial charge is 0.344 e. The highest BCUT2D eigenvalue weighted by molar-refractivity contribution is 7.89. The average molecular weight is 325 g/mol. The summed E-state index contributed by atoms with van der Waals surface area (Å²) in [5.41, 5.74) is 0.687. The number of nitrogens with zero attached hydrogens (tertiary/aromatic N) is 1. The maximum Gasteiger partial charge on any atom is 0.311 e. The van der Waals surface area contributed by atoms with E-state index in [9.17, 15) is 18.0 Å². The lowest BCUT2D eigenvalue weighted by Crippen LogP contribution is -2.44. The fraction of sp³-hybridized carbons (Fsp3) is 0.429. The molecule has 2 amide bonds. The van der Waals surface area contributed by atoms with Crippen LogP contribution in [0.15, 0.2) is 29.2 Å². The van der Waals surface area contributed by atoms with Gasteiger partial charge in [0.1, 0.15) is 0 Å². The molecule has 0 aromatic heterocycles. The normalized spacial score (nSPS) is 15.4. The van der Waals surface area contributed by atoms with Gasteiger partial charge in [-0.3, -0.25) is 9.59 Å². The second-order valence-electron chi connectivity index (χ2n) is 5.22. The van der Waals surface area contributed by atoms with Crippen molar-refractivity contribution >= 4 is 21.8 Å². The van der Waals surface area contributed by atoms with Crippen LogP contribution in [0.25, 0.3) is 0 Å². The van der Waals surface area contributed by atoms with E-state index >= 15 is 0 Å². The smallest absolute Gasteiger partial charge is 0.311 e. The molecule has 1 aliphatic heterocycles. The molecule has 1 saturated heterocycles. The standard InChI is InChI=1S/C14H19N3O4S/c15-22(20,21)12-6-4-11(5-7-12)10-16-13(18)14(19)17-8-2-1-3-9-17/h4-7H,1-3,8-10H2,(H,16,18)(H2,15,20,21). The number of hydrogen-bond donors (Lipinski definition) is 2. The zero-order valence-electron chi connectivity index (χ0n) is 12.1. The van der Waals surface area contributed by atoms with Gasteiger partial charge in [0.15, 0.2) is 0 Å². The van der Waals surface area contributed by atoms with Crippen molar-refractivity contribution in [3.63, 3.8) is 0 Å². The van der Waals surface area contributed by atoms with E-state index < -0.39 is 21.8 Å². The van der Waals surface area contributed by atoms with Crippen molar-refractivity contribution in [1.82, 2.24) is 10.2 Å². The molecule has 1 aromatic rings. The molecule has 2 rings (SSSR count). The first-order valence-corrected chi connectivity index (χ1v) is 8.61. The van der Waals surface area contributed by atoms with Crippen LogP contribution in [0.2, 0.25) is 0 Å². The van der Waals surface area contributed by atoms with Crippen LogP contribution in [0.5, 0.6) is 0 Å². The first kappa shape index (κ1) is 16.4. The number of benzene rings is 1. The zero-order valence-corrected chi connectivity index (χ0v) is 12.9. The topological polar surface area (TPSA) is 110 Å². The summed E-state index contributed by atoms with van der Waals surface area (Å²) in [6.07, 6.45) is 2.93. The van der Waals surface area contributed by atoms with Crippen LogP contribution in [-0.2, 0) is 26.2 Å². The third-order valence-electron chi connectivity index (χ3n) is 3.54. The van der Waals surface area contributed by atoms with Crippen molar-refractivity contribution in [1.29, 1.82) is 0 Å². The quantitative estimate of drug-likeness (QED) is 0.760. The lowest BCUT2D eigenvalue weighted by atomic mass is 10.1. The fourth-order valence-electron chi connectivity index (χ4n) is 2.30. The highest BCUT2D eigenvalue weighted by atomic mass is 32.2. The van der Waals surface area contributed by atoms with Gasteiger partial charge in [0.2, 0.25) is 10.0 Å². The van der Waals surface area contributed by atoms with Crippen molar-refractivity contribution in [3.05, 3.63) is 29.8 Å². The lowest BCUT2D eigenvalue weighted by Gasteiger charge is -2.25. The van der Waals surface area contributed by atoms with Gasteiger partial charge in [0, 0.05) is 19.6 Å². The highest BCUT2D eigenvalue weighted by Gasteiger charge is 2.22. The molecule has 22 heavy (non-hydrogen) atoms. The van der Waals surface area contributed by atoms with Crippen molar-refractivity contribution < 1.29 is 18.0 Å². The monoisotopic (exact) mass is 325 g/mol. The van der Waals surface area contributed by atoms with E-state index in [2.05, 4.69) is 5.32 Å². The summed E-state index contributed by atoms with van der Waals surface area (Å²) < 4.78 is 22.3. The van der Waals surface area contributed by atoms with Crippen molar-refractivity contribution in [3.8, 4) is 0 Å². The third-order valence-corrected chi connectivity index (χ3v) is 4.47. The average Bonchev–Trinajstić information content (AvgIpc) is 2.52. The Morgan fingerprint density at radius 1 is 1.09 bits per heavy atom. The molecule has 0 spiro atoms. The molecule has 8 heteroatoms. The minimum Gasteiger partial charge on any atom is -0.344 e. The maximum absolute atomic E-state index is 11.9. The molecule has 7 nitrogen and oxygen atoms in total. The first-order chi connectivity index (χ1) is 10.4. The molecular formula is C14H19N3O4S. The van der Waals surface area contributed by atoms with Gasteiger partial charge in [-0.15, -0.1) is 0 Å². The summed E-state index contributed by atoms with van der Waals surface area (Å²) in [7, 11) is -3.73. The van der Waals surface area contributed by atoms with Crippen molar-refractivity contribution in [2.45, 2.75) is 30.7 Å². The lowest BCUT2D eigenvalue weighted by molar-refractivity contribution is -0.146. The van der Waals surface area contributed by atoms with Gasteiger partial charge in [0.05, 0.1) is 4.90 Å². The van der Waals surface area contributed by atoms with Gasteiger partial charge in [-0.25, -0.2) is 13.6 Å². The molecular weight excluding hydrogens is 306 g/mol. The number of amides is 2. The van der Waals surface area contributed by atoms with Crippen LogP contribution in [-0.4, -0.2) is 38.2 Å². The highest BCUT2D eigenvalue weighted by Crippen LogP contribution is 2.10. The number of carbonyl (C=O) groups is 2. The van der Waals surface area contributed by atoms with E-state index in [4.69, 9.17) is 5.14 Å². The number of primary sulfonamides is 1. The van der Waals surface area contributed by atoms with Crippen LogP contribution in [0.1, 0.15) is 24.8 Å². The summed E-state index contributed by atoms with van der Waals surface area (Å²) in [4.78, 5) is 25.3. The minimum atomic E-state index is -3.73. The number of rotatable bonds is 3. The van der Waals surface area contributed by atoms with Gasteiger partial charge in [-0.2, -0.15) is 0 Å². The van der Waals surface area contributed by atoms with E-state index in [1.165, 1.54) is 12.1 Å². The number of piperidine rings is 1. The van der Waals surface area contributed by atoms with Gasteiger partial charge in [-0.05, 0) is 37.0 Å². The Hall–Kier alpha value is -1.93. The number of sulfonamides is 1. The third kappa shape index (κ3) is 4.28. The maximum atomic E-state index is 11.9. The number of carbonyl (C=O) groups excluding carboxylic acids is 2. The molecule has 1 fully saturated rings. The summed E-state index contributed by atoms with van der Waals surface area (Å²) >= 11 is 0. The molecule has 0 aliphatic carbocycles. The molecule has 1 aliphatic rings. The van der Waals surface area contributed by atoms with E-state index in [0.717, 1.165) is 19.3 Å². The summed E-state index contributed by atoms with van der Waals surface area (Å²) in [6.45, 7) is 1.40. The molecule has 3 N–H and O–H groups in total. The Kier molecular flexibility index (Phi) is 5.15. The van der Waals surface area contributed by atoms with E-state index in [0.29, 0.717) is 18.7 Å². The van der Waals surface area contributed by atoms with Crippen LogP contribution >= 0.6 is 0 Å². The summed E-state index contributed by atoms with van der Waals surface area (Å²) in [5, 5.41) is 7.55. The first-order valence-electron chi connectivity index (χ1n) is 7.07. The predicted molar refractivity (Wildman–Crippen MR) is 80.1 cm³/mol. The van der Waals surface area contributed by atoms with Crippen LogP contribution in [0.4, 0.5) is 0 Å². The van der Waals surface area contributed by atoms with Crippen molar-refractivity contribution in [2.75, 3.05) is 13.1 Å². The van der Waals surface area contributed by atoms with Crippen molar-refractivity contribution in [2.24, 2.45) is 5.14 Å². The Morgan fingerprint density at radius 2 is 1.68 bits per heavy atom. The Morgan fingerprint density at radius 3 is 2.23 bits per heavy atom. The van der Waals surface area contributed by atoms with Crippen LogP contribution < -0.4 is 10.5 Å². The van der Waals surface area contributed by atoms with E-state index in [1.807, 2.05) is 0 Å². The van der Waals surface area contributed by atoms with Gasteiger partial charge in [0.25, 0.3) is 0 Å². The molecule has 120 valence electrons. The summed E-state index contributed by atoms with van der Waals surface area (Å²) in [5.74, 6) is -1.15. The number of nitrogens with two attached hydrogens (primary N) is 1. The van der Waals surface area contributed by atoms with Gasteiger partial charge in [-0.1, -0.05) is 12.1 Å². The number of likely N-dealkylation sites (tertiary alicyclic amines) is 1. The van der Waals surface area contributed by atoms with E-state index in [-0.39, 0.29) is 11.4 Å². The Balaban J connectivity index is 1.89. The second kappa shape index (κ2) is 6.89. The van der Waals surface area contributed by atoms with E-state index in [1.54, 1.807) is 17.0 Å². The number of nitrogens with one attached hydrogen (secondary N) is 1. The predicted octanol–water partition coefficient (Wildman–Crippen LogP) is -0.0373. The summed E-state index contributed by atoms with van der Waals surface area (Å²) in [6, 6.07) is 5.82. The Labute approximate surface area is 129 Å². The second-order valence-corrected chi connectivity index (χ2v) is 6.79. The molecule has 1 aromatic carbocycles. The van der Waals surface area contributed by atoms with Crippen LogP contribution in [0.3, 0.4) is 0 Å². The minimum absolute atomic E-state index is 0.00645. The van der Waals surface area contributed by atoms with Gasteiger partial charge < -0.3 is 10.2 Å². The molecule has 0 atom stereocenters. The van der Waals surface area contributed by atoms with Gasteiger partial charge >= 0.3 is 11.8 Å². The SMILES string of the molecule is NS(=O)(=O)c1ccc(CNC(=O)C(=O)N2CCCCC2)cc1. The zero-order chi connectivity index (χ0) is 16.2. The van der Waals surface area contributed by atoms with Crippen LogP contribution in [0, 0.1) is 0 Å². The molecule has 0 radical (unpaired) electrons. The molecule has 0 unspecified atom stereocenters. The molecule has 0 saturated carbocycles. The number of hydrogen-bond acceptors (Lipinski definition) is 4. The molecule has 1 heterocycles. The fourth-order valence-corrected chi connectivity index (χ4v) is 2.81.